The van der Waals surface area contributed by atoms with Crippen LogP contribution in [-0.4, -0.2) is 9.78 Å². The maximum absolute atomic E-state index is 6.20. The van der Waals surface area contributed by atoms with Crippen LogP contribution in [-0.2, 0) is 7.05 Å². The van der Waals surface area contributed by atoms with Crippen LogP contribution in [0.2, 0.25) is 4.34 Å². The fourth-order valence-corrected chi connectivity index (χ4v) is 3.60. The molecule has 0 saturated heterocycles. The molecule has 0 unspecified atom stereocenters. The highest BCUT2D eigenvalue weighted by Crippen LogP contribution is 2.42. The Morgan fingerprint density at radius 3 is 2.65 bits per heavy atom. The standard InChI is InChI=1S/C14H11BrClN3S/c1-19-14(17)12(8-4-2-3-5-9(8)15)13(18-19)10-6-7-11(16)20-10/h2-7H,17H2,1H3. The molecule has 3 nitrogen and oxygen atoms in total. The van der Waals surface area contributed by atoms with Gasteiger partial charge in [0.1, 0.15) is 11.5 Å². The van der Waals surface area contributed by atoms with E-state index in [1.165, 1.54) is 11.3 Å². The van der Waals surface area contributed by atoms with Crippen LogP contribution in [0.25, 0.3) is 21.7 Å². The number of halogens is 2. The third-order valence-electron chi connectivity index (χ3n) is 3.04. The van der Waals surface area contributed by atoms with Crippen molar-refractivity contribution in [3.8, 4) is 21.7 Å². The normalized spacial score (nSPS) is 10.9. The van der Waals surface area contributed by atoms with Gasteiger partial charge >= 0.3 is 0 Å². The zero-order valence-electron chi connectivity index (χ0n) is 10.6. The molecule has 3 aromatic rings. The third kappa shape index (κ3) is 2.26. The molecule has 2 aromatic heterocycles. The van der Waals surface area contributed by atoms with E-state index in [0.717, 1.165) is 30.5 Å². The van der Waals surface area contributed by atoms with Gasteiger partial charge in [-0.3, -0.25) is 4.68 Å². The fraction of sp³-hybridized carbons (Fsp3) is 0.0714. The molecule has 0 amide bonds. The monoisotopic (exact) mass is 367 g/mol. The third-order valence-corrected chi connectivity index (χ3v) is 4.97. The molecule has 3 rings (SSSR count). The van der Waals surface area contributed by atoms with Gasteiger partial charge in [-0.15, -0.1) is 11.3 Å². The first-order chi connectivity index (χ1) is 9.58. The lowest BCUT2D eigenvalue weighted by Crippen LogP contribution is -1.98. The van der Waals surface area contributed by atoms with E-state index in [1.54, 1.807) is 4.68 Å². The number of hydrogen-bond donors (Lipinski definition) is 1. The number of aryl methyl sites for hydroxylation is 1. The number of benzene rings is 1. The zero-order chi connectivity index (χ0) is 14.3. The smallest absolute Gasteiger partial charge is 0.129 e. The molecule has 0 aliphatic rings. The second kappa shape index (κ2) is 5.24. The lowest BCUT2D eigenvalue weighted by Gasteiger charge is -2.05. The quantitative estimate of drug-likeness (QED) is 0.705. The zero-order valence-corrected chi connectivity index (χ0v) is 13.8. The number of rotatable bonds is 2. The molecule has 0 radical (unpaired) electrons. The molecule has 2 heterocycles. The van der Waals surface area contributed by atoms with Crippen LogP contribution in [0.5, 0.6) is 0 Å². The Balaban J connectivity index is 2.28. The summed E-state index contributed by atoms with van der Waals surface area (Å²) in [6.45, 7) is 0. The summed E-state index contributed by atoms with van der Waals surface area (Å²) in [6, 6.07) is 11.8. The second-order valence-electron chi connectivity index (χ2n) is 4.32. The largest absolute Gasteiger partial charge is 0.383 e. The van der Waals surface area contributed by atoms with E-state index in [9.17, 15) is 0 Å². The highest BCUT2D eigenvalue weighted by atomic mass is 79.9. The highest BCUT2D eigenvalue weighted by Gasteiger charge is 2.20. The predicted molar refractivity (Wildman–Crippen MR) is 89.1 cm³/mol. The summed E-state index contributed by atoms with van der Waals surface area (Å²) in [7, 11) is 1.84. The molecular formula is C14H11BrClN3S. The Bertz CT molecular complexity index is 779. The van der Waals surface area contributed by atoms with Crippen molar-refractivity contribution >= 4 is 44.7 Å². The average molecular weight is 369 g/mol. The Kier molecular flexibility index (Phi) is 3.58. The van der Waals surface area contributed by atoms with Gasteiger partial charge in [-0.05, 0) is 18.2 Å². The molecule has 20 heavy (non-hydrogen) atoms. The van der Waals surface area contributed by atoms with Crippen LogP contribution in [0.1, 0.15) is 0 Å². The molecule has 0 spiro atoms. The Morgan fingerprint density at radius 2 is 2.00 bits per heavy atom. The van der Waals surface area contributed by atoms with Gasteiger partial charge < -0.3 is 5.73 Å². The summed E-state index contributed by atoms with van der Waals surface area (Å²) in [4.78, 5) is 1.01. The van der Waals surface area contributed by atoms with Crippen LogP contribution in [0, 0.1) is 0 Å². The number of nitrogens with zero attached hydrogens (tertiary/aromatic N) is 2. The lowest BCUT2D eigenvalue weighted by atomic mass is 10.0. The van der Waals surface area contributed by atoms with Crippen molar-refractivity contribution in [2.24, 2.45) is 7.05 Å². The van der Waals surface area contributed by atoms with Gasteiger partial charge in [-0.1, -0.05) is 45.7 Å². The lowest BCUT2D eigenvalue weighted by molar-refractivity contribution is 0.783. The number of nitrogens with two attached hydrogens (primary N) is 1. The molecule has 2 N–H and O–H groups in total. The Hall–Kier alpha value is -1.30. The number of anilines is 1. The van der Waals surface area contributed by atoms with Crippen molar-refractivity contribution in [3.63, 3.8) is 0 Å². The van der Waals surface area contributed by atoms with E-state index in [2.05, 4.69) is 21.0 Å². The number of aromatic nitrogens is 2. The van der Waals surface area contributed by atoms with E-state index in [0.29, 0.717) is 5.82 Å². The maximum Gasteiger partial charge on any atom is 0.129 e. The average Bonchev–Trinajstić information content (AvgIpc) is 2.96. The molecule has 6 heteroatoms. The molecule has 0 fully saturated rings. The molecule has 0 aliphatic carbocycles. The Labute approximate surface area is 134 Å². The van der Waals surface area contributed by atoms with E-state index in [-0.39, 0.29) is 0 Å². The topological polar surface area (TPSA) is 43.8 Å². The minimum Gasteiger partial charge on any atom is -0.383 e. The minimum atomic E-state index is 0.636. The van der Waals surface area contributed by atoms with Crippen LogP contribution in [0.3, 0.4) is 0 Å². The first-order valence-electron chi connectivity index (χ1n) is 5.91. The maximum atomic E-state index is 6.20. The van der Waals surface area contributed by atoms with E-state index < -0.39 is 0 Å². The summed E-state index contributed by atoms with van der Waals surface area (Å²) in [5.41, 5.74) is 9.01. The molecule has 0 bridgehead atoms. The van der Waals surface area contributed by atoms with E-state index in [4.69, 9.17) is 17.3 Å². The number of thiophene rings is 1. The summed E-state index contributed by atoms with van der Waals surface area (Å²) in [5.74, 6) is 0.636. The summed E-state index contributed by atoms with van der Waals surface area (Å²) in [5, 5.41) is 4.53. The summed E-state index contributed by atoms with van der Waals surface area (Å²) >= 11 is 11.1. The molecule has 0 atom stereocenters. The van der Waals surface area contributed by atoms with Gasteiger partial charge in [0.25, 0.3) is 0 Å². The van der Waals surface area contributed by atoms with Crippen LogP contribution in [0.4, 0.5) is 5.82 Å². The molecule has 102 valence electrons. The molecular weight excluding hydrogens is 358 g/mol. The van der Waals surface area contributed by atoms with Crippen molar-refractivity contribution < 1.29 is 0 Å². The highest BCUT2D eigenvalue weighted by molar-refractivity contribution is 9.10. The van der Waals surface area contributed by atoms with Gasteiger partial charge in [0.15, 0.2) is 0 Å². The van der Waals surface area contributed by atoms with Crippen molar-refractivity contribution in [1.29, 1.82) is 0 Å². The number of nitrogen functional groups attached to an aromatic ring is 1. The Morgan fingerprint density at radius 1 is 1.25 bits per heavy atom. The molecule has 0 aliphatic heterocycles. The van der Waals surface area contributed by atoms with Gasteiger partial charge in [0.2, 0.25) is 0 Å². The van der Waals surface area contributed by atoms with Gasteiger partial charge in [0.05, 0.1) is 14.8 Å². The minimum absolute atomic E-state index is 0.636. The van der Waals surface area contributed by atoms with Crippen LogP contribution >= 0.6 is 38.9 Å². The van der Waals surface area contributed by atoms with Crippen molar-refractivity contribution in [2.45, 2.75) is 0 Å². The van der Waals surface area contributed by atoms with Gasteiger partial charge in [0, 0.05) is 17.1 Å². The predicted octanol–water partition coefficient (Wildman–Crippen LogP) is 4.81. The van der Waals surface area contributed by atoms with E-state index in [1.807, 2.05) is 43.4 Å². The van der Waals surface area contributed by atoms with E-state index >= 15 is 0 Å². The van der Waals surface area contributed by atoms with Gasteiger partial charge in [-0.2, -0.15) is 5.10 Å². The fourth-order valence-electron chi connectivity index (χ4n) is 2.08. The first-order valence-corrected chi connectivity index (χ1v) is 7.89. The second-order valence-corrected chi connectivity index (χ2v) is 6.89. The van der Waals surface area contributed by atoms with Gasteiger partial charge in [-0.25, -0.2) is 0 Å². The molecule has 1 aromatic carbocycles. The molecule has 0 saturated carbocycles. The van der Waals surface area contributed by atoms with Crippen molar-refractivity contribution in [2.75, 3.05) is 5.73 Å². The van der Waals surface area contributed by atoms with Crippen molar-refractivity contribution in [1.82, 2.24) is 9.78 Å². The SMILES string of the molecule is Cn1nc(-c2ccc(Cl)s2)c(-c2ccccc2Br)c1N. The van der Waals surface area contributed by atoms with Crippen molar-refractivity contribution in [3.05, 3.63) is 45.2 Å². The summed E-state index contributed by atoms with van der Waals surface area (Å²) in [6.07, 6.45) is 0. The van der Waals surface area contributed by atoms with Crippen LogP contribution < -0.4 is 5.73 Å². The summed E-state index contributed by atoms with van der Waals surface area (Å²) < 4.78 is 3.42. The first kappa shape index (κ1) is 13.7. The van der Waals surface area contributed by atoms with Crippen LogP contribution in [0.15, 0.2) is 40.9 Å². The number of hydrogen-bond acceptors (Lipinski definition) is 3.